The van der Waals surface area contributed by atoms with Gasteiger partial charge in [0, 0.05) is 70.2 Å². The molecule has 0 radical (unpaired) electrons. The third kappa shape index (κ3) is 9.09. The topological polar surface area (TPSA) is 144 Å². The van der Waals surface area contributed by atoms with E-state index in [1.807, 2.05) is 30.3 Å². The zero-order chi connectivity index (χ0) is 34.4. The first-order valence-corrected chi connectivity index (χ1v) is 20.9. The van der Waals surface area contributed by atoms with Gasteiger partial charge in [-0.2, -0.15) is 0 Å². The van der Waals surface area contributed by atoms with Crippen LogP contribution in [-0.4, -0.2) is 88.6 Å². The van der Waals surface area contributed by atoms with Crippen LogP contribution >= 0.6 is 0 Å². The molecule has 0 saturated carbocycles. The normalized spacial score (nSPS) is 17.7. The molecule has 3 aromatic heterocycles. The number of rotatable bonds is 12. The highest BCUT2D eigenvalue weighted by molar-refractivity contribution is 6.76. The lowest BCUT2D eigenvalue weighted by Gasteiger charge is -2.32. The molecule has 1 atom stereocenters. The van der Waals surface area contributed by atoms with Crippen molar-refractivity contribution < 1.29 is 24.2 Å². The maximum Gasteiger partial charge on any atom is 0.404 e. The van der Waals surface area contributed by atoms with Crippen molar-refractivity contribution in [1.29, 1.82) is 0 Å². The number of ether oxygens (including phenoxy) is 2. The van der Waals surface area contributed by atoms with E-state index in [0.717, 1.165) is 85.0 Å². The van der Waals surface area contributed by atoms with Crippen LogP contribution in [0.1, 0.15) is 53.3 Å². The van der Waals surface area contributed by atoms with Crippen LogP contribution in [0.4, 0.5) is 10.5 Å². The second kappa shape index (κ2) is 15.6. The first kappa shape index (κ1) is 34.7. The van der Waals surface area contributed by atoms with Gasteiger partial charge in [0.1, 0.15) is 24.4 Å². The van der Waals surface area contributed by atoms with Crippen LogP contribution < -0.4 is 10.6 Å². The third-order valence-electron chi connectivity index (χ3n) is 9.28. The standard InChI is InChI=1S/C36H47N7O5Si/c1-49(2,3)18-17-48-24-43-32(20-30-33(38-23-39-34(30)43)27-11-15-47-16-12-27)26-6-8-28(9-7-26)40-35(44)31-19-25(10-13-37-31)21-42-14-4-5-29(22-42)41-36(45)46/h6-10,13,19-20,23,27,29,41H,4-5,11-12,14-18,21-22,24H2,1-3H3,(H,40,44)(H,45,46)/t29-/m1/s1. The SMILES string of the molecule is C[Si](C)(C)CCOCn1c(-c2ccc(NC(=O)c3cc(CN4CCC[C@@H](NC(=O)O)C4)ccn3)cc2)cc2c(C3CCOCC3)ncnc21. The van der Waals surface area contributed by atoms with Gasteiger partial charge in [0.25, 0.3) is 5.91 Å². The zero-order valence-electron chi connectivity index (χ0n) is 28.7. The van der Waals surface area contributed by atoms with Gasteiger partial charge in [0.15, 0.2) is 0 Å². The summed E-state index contributed by atoms with van der Waals surface area (Å²) in [5.41, 5.74) is 5.84. The van der Waals surface area contributed by atoms with E-state index < -0.39 is 14.2 Å². The molecule has 5 heterocycles. The van der Waals surface area contributed by atoms with Crippen molar-refractivity contribution in [3.05, 3.63) is 71.9 Å². The molecular formula is C36H47N7O5Si. The number of carbonyl (C=O) groups is 2. The summed E-state index contributed by atoms with van der Waals surface area (Å²) in [5, 5.41) is 15.7. The van der Waals surface area contributed by atoms with E-state index in [1.165, 1.54) is 0 Å². The average Bonchev–Trinajstić information content (AvgIpc) is 3.45. The quantitative estimate of drug-likeness (QED) is 0.118. The van der Waals surface area contributed by atoms with E-state index in [0.29, 0.717) is 43.7 Å². The number of carboxylic acid groups (broad SMARTS) is 1. The Kier molecular flexibility index (Phi) is 11.0. The summed E-state index contributed by atoms with van der Waals surface area (Å²) in [6.07, 6.45) is 5.93. The number of aromatic nitrogens is 4. The highest BCUT2D eigenvalue weighted by atomic mass is 28.3. The summed E-state index contributed by atoms with van der Waals surface area (Å²) < 4.78 is 14.0. The second-order valence-corrected chi connectivity index (χ2v) is 19.9. The number of fused-ring (bicyclic) bond motifs is 1. The van der Waals surface area contributed by atoms with E-state index in [9.17, 15) is 9.59 Å². The fourth-order valence-corrected chi connectivity index (χ4v) is 7.40. The molecule has 2 aliphatic rings. The summed E-state index contributed by atoms with van der Waals surface area (Å²) in [7, 11) is -1.24. The van der Waals surface area contributed by atoms with Gasteiger partial charge in [-0.15, -0.1) is 0 Å². The van der Waals surface area contributed by atoms with Crippen molar-refractivity contribution in [2.75, 3.05) is 38.2 Å². The highest BCUT2D eigenvalue weighted by Crippen LogP contribution is 2.35. The van der Waals surface area contributed by atoms with Crippen LogP contribution in [0.5, 0.6) is 0 Å². The van der Waals surface area contributed by atoms with Crippen molar-refractivity contribution in [2.45, 2.75) is 76.6 Å². The molecule has 2 saturated heterocycles. The molecule has 0 aliphatic carbocycles. The molecule has 12 nitrogen and oxygen atoms in total. The number of carbonyl (C=O) groups excluding carboxylic acids is 1. The number of piperidine rings is 1. The molecule has 0 bridgehead atoms. The Balaban J connectivity index is 1.17. The number of benzene rings is 1. The molecule has 0 unspecified atom stereocenters. The van der Waals surface area contributed by atoms with Crippen molar-refractivity contribution in [1.82, 2.24) is 29.7 Å². The van der Waals surface area contributed by atoms with E-state index in [-0.39, 0.29) is 11.9 Å². The Bertz CT molecular complexity index is 1750. The second-order valence-electron chi connectivity index (χ2n) is 14.3. The summed E-state index contributed by atoms with van der Waals surface area (Å²) in [6, 6.07) is 14.7. The lowest BCUT2D eigenvalue weighted by atomic mass is 9.94. The van der Waals surface area contributed by atoms with Gasteiger partial charge in [0.05, 0.1) is 11.4 Å². The van der Waals surface area contributed by atoms with E-state index in [2.05, 4.69) is 50.8 Å². The Morgan fingerprint density at radius 3 is 2.59 bits per heavy atom. The smallest absolute Gasteiger partial charge is 0.404 e. The first-order valence-electron chi connectivity index (χ1n) is 17.2. The molecule has 4 aromatic rings. The summed E-state index contributed by atoms with van der Waals surface area (Å²) in [5.74, 6) is 0.0334. The Morgan fingerprint density at radius 1 is 1.04 bits per heavy atom. The highest BCUT2D eigenvalue weighted by Gasteiger charge is 2.24. The fraction of sp³-hybridized carbons (Fsp3) is 0.472. The van der Waals surface area contributed by atoms with Crippen LogP contribution in [0.3, 0.4) is 0 Å². The molecule has 49 heavy (non-hydrogen) atoms. The predicted molar refractivity (Wildman–Crippen MR) is 192 cm³/mol. The van der Waals surface area contributed by atoms with Crippen LogP contribution in [-0.2, 0) is 22.7 Å². The summed E-state index contributed by atoms with van der Waals surface area (Å²) in [6.45, 7) is 11.7. The van der Waals surface area contributed by atoms with Gasteiger partial charge in [0.2, 0.25) is 0 Å². The van der Waals surface area contributed by atoms with Gasteiger partial charge in [-0.3, -0.25) is 14.7 Å². The van der Waals surface area contributed by atoms with E-state index in [1.54, 1.807) is 18.6 Å². The number of nitrogens with one attached hydrogen (secondary N) is 2. The number of pyridine rings is 1. The zero-order valence-corrected chi connectivity index (χ0v) is 29.7. The molecule has 2 amide bonds. The van der Waals surface area contributed by atoms with Crippen molar-refractivity contribution in [3.63, 3.8) is 0 Å². The molecule has 2 aliphatic heterocycles. The largest absolute Gasteiger partial charge is 0.465 e. The molecule has 0 spiro atoms. The molecule has 2 fully saturated rings. The Hall–Kier alpha value is -4.17. The maximum atomic E-state index is 13.3. The molecule has 6 rings (SSSR count). The molecule has 13 heteroatoms. The fourth-order valence-electron chi connectivity index (χ4n) is 6.65. The number of nitrogens with zero attached hydrogens (tertiary/aromatic N) is 5. The van der Waals surface area contributed by atoms with Crippen LogP contribution in [0.2, 0.25) is 25.7 Å². The van der Waals surface area contributed by atoms with Gasteiger partial charge >= 0.3 is 6.09 Å². The lowest BCUT2D eigenvalue weighted by Crippen LogP contribution is -2.46. The number of likely N-dealkylation sites (tertiary alicyclic amines) is 1. The number of amides is 2. The number of hydrogen-bond acceptors (Lipinski definition) is 8. The van der Waals surface area contributed by atoms with Crippen LogP contribution in [0, 0.1) is 0 Å². The number of hydrogen-bond donors (Lipinski definition) is 3. The van der Waals surface area contributed by atoms with E-state index >= 15 is 0 Å². The molecule has 3 N–H and O–H groups in total. The molecule has 260 valence electrons. The molecular weight excluding hydrogens is 639 g/mol. The van der Waals surface area contributed by atoms with E-state index in [4.69, 9.17) is 24.5 Å². The van der Waals surface area contributed by atoms with Gasteiger partial charge in [-0.25, -0.2) is 14.8 Å². The average molecular weight is 686 g/mol. The summed E-state index contributed by atoms with van der Waals surface area (Å²) in [4.78, 5) is 40.3. The van der Waals surface area contributed by atoms with Crippen molar-refractivity contribution in [3.8, 4) is 11.3 Å². The third-order valence-corrected chi connectivity index (χ3v) is 11.0. The van der Waals surface area contributed by atoms with Crippen LogP contribution in [0.25, 0.3) is 22.3 Å². The van der Waals surface area contributed by atoms with Gasteiger partial charge < -0.3 is 29.8 Å². The maximum absolute atomic E-state index is 13.3. The number of anilines is 1. The van der Waals surface area contributed by atoms with Gasteiger partial charge in [-0.05, 0) is 79.7 Å². The minimum Gasteiger partial charge on any atom is -0.465 e. The first-order chi connectivity index (χ1) is 23.6. The van der Waals surface area contributed by atoms with Crippen molar-refractivity contribution in [2.24, 2.45) is 0 Å². The Labute approximate surface area is 288 Å². The monoisotopic (exact) mass is 685 g/mol. The minimum absolute atomic E-state index is 0.0930. The Morgan fingerprint density at radius 2 is 1.84 bits per heavy atom. The minimum atomic E-state index is -1.24. The van der Waals surface area contributed by atoms with Crippen LogP contribution in [0.15, 0.2) is 55.0 Å². The molecule has 1 aromatic carbocycles. The van der Waals surface area contributed by atoms with Gasteiger partial charge in [-0.1, -0.05) is 31.8 Å². The summed E-state index contributed by atoms with van der Waals surface area (Å²) >= 11 is 0. The predicted octanol–water partition coefficient (Wildman–Crippen LogP) is 6.18. The lowest BCUT2D eigenvalue weighted by molar-refractivity contribution is 0.0847. The van der Waals surface area contributed by atoms with Crippen molar-refractivity contribution >= 4 is 36.8 Å².